The first-order valence-electron chi connectivity index (χ1n) is 13.3. The lowest BCUT2D eigenvalue weighted by Crippen LogP contribution is -2.54. The highest BCUT2D eigenvalue weighted by molar-refractivity contribution is 7.89. The van der Waals surface area contributed by atoms with E-state index < -0.39 is 16.1 Å². The molecule has 1 saturated heterocycles. The third-order valence-electron chi connectivity index (χ3n) is 8.06. The molecule has 9 heteroatoms. The van der Waals surface area contributed by atoms with Gasteiger partial charge in [0.1, 0.15) is 17.7 Å². The first kappa shape index (κ1) is 26.8. The maximum Gasteiger partial charge on any atom is 0.241 e. The zero-order valence-corrected chi connectivity index (χ0v) is 22.0. The van der Waals surface area contributed by atoms with E-state index in [4.69, 9.17) is 0 Å². The number of nitrogens with one attached hydrogen (secondary N) is 2. The van der Waals surface area contributed by atoms with E-state index in [9.17, 15) is 17.6 Å². The van der Waals surface area contributed by atoms with Crippen LogP contribution in [0.4, 0.5) is 4.39 Å². The molecule has 0 spiro atoms. The number of aromatic amines is 1. The minimum absolute atomic E-state index is 0.0336. The van der Waals surface area contributed by atoms with Crippen molar-refractivity contribution < 1.29 is 17.6 Å². The molecule has 1 amide bonds. The van der Waals surface area contributed by atoms with Gasteiger partial charge in [0.2, 0.25) is 15.9 Å². The Morgan fingerprint density at radius 1 is 1.19 bits per heavy atom. The topological polar surface area (TPSA) is 95.2 Å². The van der Waals surface area contributed by atoms with Gasteiger partial charge in [-0.3, -0.25) is 4.79 Å². The third kappa shape index (κ3) is 6.73. The van der Waals surface area contributed by atoms with Crippen LogP contribution in [0.5, 0.6) is 0 Å². The van der Waals surface area contributed by atoms with Crippen LogP contribution in [0.2, 0.25) is 0 Å². The number of hydrogen-bond donors (Lipinski definition) is 2. The molecule has 1 atom stereocenters. The SMILES string of the molecule is CCCS(=O)(=O)N[C@@H](Cc1ccc(F)cc1)C(=O)N1CCC(Cc2ncc[nH]2)(C2CCCCC2)CC1. The third-order valence-corrected chi connectivity index (χ3v) is 9.65. The predicted octanol–water partition coefficient (Wildman–Crippen LogP) is 4.22. The first-order chi connectivity index (χ1) is 17.3. The van der Waals surface area contributed by atoms with Gasteiger partial charge in [0.05, 0.1) is 5.75 Å². The zero-order valence-electron chi connectivity index (χ0n) is 21.2. The van der Waals surface area contributed by atoms with Crippen LogP contribution in [0.25, 0.3) is 0 Å². The molecule has 2 N–H and O–H groups in total. The molecule has 4 rings (SSSR count). The van der Waals surface area contributed by atoms with Crippen LogP contribution in [0.1, 0.15) is 69.7 Å². The second-order valence-electron chi connectivity index (χ2n) is 10.6. The van der Waals surface area contributed by atoms with E-state index >= 15 is 0 Å². The number of H-pyrrole nitrogens is 1. The molecule has 2 heterocycles. The zero-order chi connectivity index (χ0) is 25.6. The van der Waals surface area contributed by atoms with Crippen molar-refractivity contribution in [2.75, 3.05) is 18.8 Å². The molecular weight excluding hydrogens is 479 g/mol. The van der Waals surface area contributed by atoms with Gasteiger partial charge in [-0.15, -0.1) is 0 Å². The summed E-state index contributed by atoms with van der Waals surface area (Å²) in [4.78, 5) is 23.3. The van der Waals surface area contributed by atoms with Gasteiger partial charge < -0.3 is 9.88 Å². The molecule has 1 saturated carbocycles. The number of aromatic nitrogens is 2. The smallest absolute Gasteiger partial charge is 0.241 e. The summed E-state index contributed by atoms with van der Waals surface area (Å²) in [7, 11) is -3.60. The van der Waals surface area contributed by atoms with Crippen molar-refractivity contribution in [2.24, 2.45) is 11.3 Å². The molecule has 2 fully saturated rings. The fraction of sp³-hybridized carbons (Fsp3) is 0.630. The van der Waals surface area contributed by atoms with E-state index in [-0.39, 0.29) is 29.3 Å². The Bertz CT molecular complexity index is 1070. The van der Waals surface area contributed by atoms with Crippen molar-refractivity contribution in [3.8, 4) is 0 Å². The minimum atomic E-state index is -3.60. The Kier molecular flexibility index (Phi) is 8.83. The Hall–Kier alpha value is -2.26. The molecule has 1 aromatic carbocycles. The summed E-state index contributed by atoms with van der Waals surface area (Å²) >= 11 is 0. The second-order valence-corrected chi connectivity index (χ2v) is 12.4. The lowest BCUT2D eigenvalue weighted by atomic mass is 9.62. The Morgan fingerprint density at radius 3 is 2.50 bits per heavy atom. The number of hydrogen-bond acceptors (Lipinski definition) is 4. The minimum Gasteiger partial charge on any atom is -0.349 e. The summed E-state index contributed by atoms with van der Waals surface area (Å²) in [6.07, 6.45) is 13.2. The van der Waals surface area contributed by atoms with Gasteiger partial charge in [0.25, 0.3) is 0 Å². The molecular formula is C27H39FN4O3S. The van der Waals surface area contributed by atoms with Crippen LogP contribution < -0.4 is 4.72 Å². The van der Waals surface area contributed by atoms with E-state index in [2.05, 4.69) is 14.7 Å². The highest BCUT2D eigenvalue weighted by Crippen LogP contribution is 2.47. The molecule has 0 radical (unpaired) electrons. The van der Waals surface area contributed by atoms with E-state index in [1.54, 1.807) is 25.3 Å². The lowest BCUT2D eigenvalue weighted by Gasteiger charge is -2.48. The van der Waals surface area contributed by atoms with E-state index in [1.165, 1.54) is 44.2 Å². The molecule has 0 bridgehead atoms. The van der Waals surface area contributed by atoms with Crippen LogP contribution >= 0.6 is 0 Å². The monoisotopic (exact) mass is 518 g/mol. The number of rotatable bonds is 10. The summed E-state index contributed by atoms with van der Waals surface area (Å²) in [5.41, 5.74) is 0.823. The van der Waals surface area contributed by atoms with Crippen molar-refractivity contribution in [2.45, 2.75) is 77.2 Å². The van der Waals surface area contributed by atoms with Gasteiger partial charge in [-0.05, 0) is 67.6 Å². The molecule has 7 nitrogen and oxygen atoms in total. The molecule has 1 aliphatic carbocycles. The van der Waals surface area contributed by atoms with Crippen molar-refractivity contribution >= 4 is 15.9 Å². The number of halogens is 1. The Morgan fingerprint density at radius 2 is 1.89 bits per heavy atom. The number of likely N-dealkylation sites (tertiary alicyclic amines) is 1. The molecule has 2 aliphatic rings. The van der Waals surface area contributed by atoms with Crippen LogP contribution in [-0.4, -0.2) is 54.1 Å². The number of carbonyl (C=O) groups is 1. The van der Waals surface area contributed by atoms with Gasteiger partial charge in [0.15, 0.2) is 0 Å². The average molecular weight is 519 g/mol. The van der Waals surface area contributed by atoms with E-state index in [0.717, 1.165) is 30.7 Å². The fourth-order valence-electron chi connectivity index (χ4n) is 6.15. The van der Waals surface area contributed by atoms with E-state index in [1.807, 2.05) is 11.1 Å². The van der Waals surface area contributed by atoms with Gasteiger partial charge >= 0.3 is 0 Å². The standard InChI is InChI=1S/C27H39FN4O3S/c1-2-18-36(34,35)31-24(19-21-8-10-23(28)11-9-21)26(33)32-16-12-27(13-17-32,20-25-29-14-15-30-25)22-6-4-3-5-7-22/h8-11,14-15,22,24,31H,2-7,12-13,16-20H2,1H3,(H,29,30)/t24-/m0/s1. The first-order valence-corrected chi connectivity index (χ1v) is 15.0. The Balaban J connectivity index is 1.50. The summed E-state index contributed by atoms with van der Waals surface area (Å²) in [6, 6.07) is 4.99. The summed E-state index contributed by atoms with van der Waals surface area (Å²) in [5, 5.41) is 0. The normalized spacial score (nSPS) is 19.8. The second kappa shape index (κ2) is 11.9. The molecule has 36 heavy (non-hydrogen) atoms. The molecule has 198 valence electrons. The molecule has 1 aliphatic heterocycles. The number of sulfonamides is 1. The number of nitrogens with zero attached hydrogens (tertiary/aromatic N) is 2. The molecule has 0 unspecified atom stereocenters. The molecule has 2 aromatic rings. The number of amides is 1. The predicted molar refractivity (Wildman–Crippen MR) is 138 cm³/mol. The van der Waals surface area contributed by atoms with Crippen molar-refractivity contribution in [1.82, 2.24) is 19.6 Å². The highest BCUT2D eigenvalue weighted by Gasteiger charge is 2.44. The average Bonchev–Trinajstić information content (AvgIpc) is 3.38. The number of benzene rings is 1. The Labute approximate surface area is 214 Å². The van der Waals surface area contributed by atoms with Gasteiger partial charge in [-0.2, -0.15) is 0 Å². The largest absolute Gasteiger partial charge is 0.349 e. The van der Waals surface area contributed by atoms with Crippen LogP contribution in [0.15, 0.2) is 36.7 Å². The summed E-state index contributed by atoms with van der Waals surface area (Å²) < 4.78 is 41.3. The highest BCUT2D eigenvalue weighted by atomic mass is 32.2. The van der Waals surface area contributed by atoms with Crippen molar-refractivity contribution in [3.63, 3.8) is 0 Å². The number of piperidine rings is 1. The number of imidazole rings is 1. The lowest BCUT2D eigenvalue weighted by molar-refractivity contribution is -0.136. The molecule has 1 aromatic heterocycles. The maximum absolute atomic E-state index is 13.7. The summed E-state index contributed by atoms with van der Waals surface area (Å²) in [6.45, 7) is 3.00. The van der Waals surface area contributed by atoms with Gasteiger partial charge in [-0.1, -0.05) is 38.3 Å². The van der Waals surface area contributed by atoms with Gasteiger partial charge in [0, 0.05) is 31.9 Å². The number of carbonyl (C=O) groups excluding carboxylic acids is 1. The van der Waals surface area contributed by atoms with Crippen LogP contribution in [0.3, 0.4) is 0 Å². The van der Waals surface area contributed by atoms with Crippen LogP contribution in [-0.2, 0) is 27.7 Å². The van der Waals surface area contributed by atoms with E-state index in [0.29, 0.717) is 25.4 Å². The maximum atomic E-state index is 13.7. The van der Waals surface area contributed by atoms with Gasteiger partial charge in [-0.25, -0.2) is 22.5 Å². The summed E-state index contributed by atoms with van der Waals surface area (Å²) in [5.74, 6) is 1.02. The fourth-order valence-corrected chi connectivity index (χ4v) is 7.42. The van der Waals surface area contributed by atoms with Crippen molar-refractivity contribution in [3.05, 3.63) is 53.9 Å². The quantitative estimate of drug-likeness (QED) is 0.492. The van der Waals surface area contributed by atoms with Crippen LogP contribution in [0, 0.1) is 17.2 Å². The van der Waals surface area contributed by atoms with Crippen molar-refractivity contribution in [1.29, 1.82) is 0 Å².